The van der Waals surface area contributed by atoms with E-state index in [1.165, 1.54) is 6.33 Å². The quantitative estimate of drug-likeness (QED) is 0.743. The molecule has 3 rings (SSSR count). The molecule has 7 heteroatoms. The second kappa shape index (κ2) is 7.47. The molecule has 1 aromatic heterocycles. The highest BCUT2D eigenvalue weighted by Gasteiger charge is 2.11. The number of halogens is 2. The summed E-state index contributed by atoms with van der Waals surface area (Å²) in [7, 11) is 0. The maximum absolute atomic E-state index is 12.3. The number of nitrogens with one attached hydrogen (secondary N) is 1. The van der Waals surface area contributed by atoms with Crippen LogP contribution >= 0.6 is 23.2 Å². The molecular weight excluding hydrogens is 347 g/mol. The van der Waals surface area contributed by atoms with Gasteiger partial charge >= 0.3 is 0 Å². The second-order valence-electron chi connectivity index (χ2n) is 5.14. The van der Waals surface area contributed by atoms with E-state index < -0.39 is 0 Å². The summed E-state index contributed by atoms with van der Waals surface area (Å²) >= 11 is 12.2. The predicted octanol–water partition coefficient (Wildman–Crippen LogP) is 4.15. The van der Waals surface area contributed by atoms with Crippen LogP contribution in [0.3, 0.4) is 0 Å². The van der Waals surface area contributed by atoms with Crippen LogP contribution in [0.15, 0.2) is 55.1 Å². The number of amides is 1. The molecule has 3 aromatic rings. The Kier molecular flexibility index (Phi) is 5.13. The Labute approximate surface area is 149 Å². The van der Waals surface area contributed by atoms with Crippen LogP contribution in [0, 0.1) is 0 Å². The lowest BCUT2D eigenvalue weighted by Crippen LogP contribution is -2.14. The zero-order valence-electron chi connectivity index (χ0n) is 12.6. The van der Waals surface area contributed by atoms with E-state index in [2.05, 4.69) is 15.4 Å². The van der Waals surface area contributed by atoms with Crippen LogP contribution in [0.5, 0.6) is 0 Å². The highest BCUT2D eigenvalue weighted by molar-refractivity contribution is 6.31. The maximum atomic E-state index is 12.3. The van der Waals surface area contributed by atoms with E-state index in [0.717, 1.165) is 5.56 Å². The SMILES string of the molecule is O=C(CCc1ccccc1Cl)Nc1cc(Cl)ccc1-n1cncn1. The lowest BCUT2D eigenvalue weighted by atomic mass is 10.1. The van der Waals surface area contributed by atoms with Crippen molar-refractivity contribution in [2.45, 2.75) is 12.8 Å². The minimum Gasteiger partial charge on any atom is -0.324 e. The van der Waals surface area contributed by atoms with Crippen molar-refractivity contribution in [2.75, 3.05) is 5.32 Å². The van der Waals surface area contributed by atoms with E-state index >= 15 is 0 Å². The van der Waals surface area contributed by atoms with Crippen molar-refractivity contribution in [3.63, 3.8) is 0 Å². The van der Waals surface area contributed by atoms with E-state index in [1.807, 2.05) is 24.3 Å². The number of aromatic nitrogens is 3. The van der Waals surface area contributed by atoms with Crippen LogP contribution in [-0.4, -0.2) is 20.7 Å². The van der Waals surface area contributed by atoms with Gasteiger partial charge in [0.1, 0.15) is 12.7 Å². The molecule has 0 atom stereocenters. The zero-order chi connectivity index (χ0) is 16.9. The van der Waals surface area contributed by atoms with Crippen molar-refractivity contribution in [3.05, 3.63) is 70.7 Å². The fourth-order valence-corrected chi connectivity index (χ4v) is 2.71. The van der Waals surface area contributed by atoms with Crippen molar-refractivity contribution in [3.8, 4) is 5.69 Å². The summed E-state index contributed by atoms with van der Waals surface area (Å²) in [4.78, 5) is 16.2. The number of carbonyl (C=O) groups excluding carboxylic acids is 1. The van der Waals surface area contributed by atoms with Gasteiger partial charge in [0, 0.05) is 16.5 Å². The third-order valence-electron chi connectivity index (χ3n) is 3.48. The summed E-state index contributed by atoms with van der Waals surface area (Å²) in [6.07, 6.45) is 3.86. The van der Waals surface area contributed by atoms with Crippen molar-refractivity contribution in [1.29, 1.82) is 0 Å². The highest BCUT2D eigenvalue weighted by Crippen LogP contribution is 2.24. The number of nitrogens with zero attached hydrogens (tertiary/aromatic N) is 3. The average molecular weight is 361 g/mol. The Morgan fingerprint density at radius 1 is 1.17 bits per heavy atom. The van der Waals surface area contributed by atoms with Crippen molar-refractivity contribution >= 4 is 34.8 Å². The maximum Gasteiger partial charge on any atom is 0.224 e. The monoisotopic (exact) mass is 360 g/mol. The number of rotatable bonds is 5. The zero-order valence-corrected chi connectivity index (χ0v) is 14.1. The topological polar surface area (TPSA) is 59.8 Å². The van der Waals surface area contributed by atoms with Gasteiger partial charge in [-0.3, -0.25) is 4.79 Å². The van der Waals surface area contributed by atoms with Crippen LogP contribution in [0.1, 0.15) is 12.0 Å². The Balaban J connectivity index is 1.72. The van der Waals surface area contributed by atoms with Gasteiger partial charge in [-0.2, -0.15) is 5.10 Å². The smallest absolute Gasteiger partial charge is 0.224 e. The molecule has 0 aliphatic rings. The molecule has 0 fully saturated rings. The Morgan fingerprint density at radius 2 is 2.00 bits per heavy atom. The summed E-state index contributed by atoms with van der Waals surface area (Å²) in [6, 6.07) is 12.7. The first kappa shape index (κ1) is 16.5. The van der Waals surface area contributed by atoms with E-state index in [4.69, 9.17) is 23.2 Å². The molecule has 1 heterocycles. The standard InChI is InChI=1S/C17H14Cl2N4O/c18-13-6-7-16(23-11-20-10-21-23)15(9-13)22-17(24)8-5-12-3-1-2-4-14(12)19/h1-4,6-7,9-11H,5,8H2,(H,22,24). The first-order valence-electron chi connectivity index (χ1n) is 7.31. The van der Waals surface area contributed by atoms with Gasteiger partial charge < -0.3 is 5.32 Å². The normalized spacial score (nSPS) is 10.6. The molecule has 24 heavy (non-hydrogen) atoms. The fraction of sp³-hybridized carbons (Fsp3) is 0.118. The molecule has 2 aromatic carbocycles. The highest BCUT2D eigenvalue weighted by atomic mass is 35.5. The van der Waals surface area contributed by atoms with Gasteiger partial charge in [-0.25, -0.2) is 9.67 Å². The molecule has 0 saturated heterocycles. The first-order chi connectivity index (χ1) is 11.6. The molecule has 0 saturated carbocycles. The van der Waals surface area contributed by atoms with E-state index in [9.17, 15) is 4.79 Å². The predicted molar refractivity (Wildman–Crippen MR) is 94.8 cm³/mol. The first-order valence-corrected chi connectivity index (χ1v) is 8.07. The Hall–Kier alpha value is -2.37. The molecule has 122 valence electrons. The largest absolute Gasteiger partial charge is 0.324 e. The van der Waals surface area contributed by atoms with Gasteiger partial charge in [-0.1, -0.05) is 41.4 Å². The summed E-state index contributed by atoms with van der Waals surface area (Å²) < 4.78 is 1.57. The van der Waals surface area contributed by atoms with Gasteiger partial charge in [0.25, 0.3) is 0 Å². The van der Waals surface area contributed by atoms with Crippen molar-refractivity contribution < 1.29 is 4.79 Å². The summed E-state index contributed by atoms with van der Waals surface area (Å²) in [5.41, 5.74) is 2.22. The Bertz CT molecular complexity index is 850. The third kappa shape index (κ3) is 3.93. The molecular formula is C17H14Cl2N4O. The number of anilines is 1. The molecule has 1 amide bonds. The van der Waals surface area contributed by atoms with E-state index in [1.54, 1.807) is 29.2 Å². The molecule has 0 aliphatic heterocycles. The van der Waals surface area contributed by atoms with Crippen LogP contribution in [-0.2, 0) is 11.2 Å². The van der Waals surface area contributed by atoms with Gasteiger partial charge in [-0.05, 0) is 36.2 Å². The Morgan fingerprint density at radius 3 is 2.75 bits per heavy atom. The summed E-state index contributed by atoms with van der Waals surface area (Å²) in [5.74, 6) is -0.126. The molecule has 0 radical (unpaired) electrons. The van der Waals surface area contributed by atoms with Crippen molar-refractivity contribution in [2.24, 2.45) is 0 Å². The van der Waals surface area contributed by atoms with Crippen LogP contribution in [0.25, 0.3) is 5.69 Å². The van der Waals surface area contributed by atoms with Gasteiger partial charge in [-0.15, -0.1) is 0 Å². The number of hydrogen-bond donors (Lipinski definition) is 1. The second-order valence-corrected chi connectivity index (χ2v) is 5.98. The summed E-state index contributed by atoms with van der Waals surface area (Å²) in [6.45, 7) is 0. The molecule has 1 N–H and O–H groups in total. The molecule has 0 spiro atoms. The van der Waals surface area contributed by atoms with Crippen LogP contribution < -0.4 is 5.32 Å². The molecule has 0 aliphatic carbocycles. The molecule has 5 nitrogen and oxygen atoms in total. The van der Waals surface area contributed by atoms with E-state index in [0.29, 0.717) is 34.3 Å². The van der Waals surface area contributed by atoms with Crippen LogP contribution in [0.4, 0.5) is 5.69 Å². The number of aryl methyl sites for hydroxylation is 1. The fourth-order valence-electron chi connectivity index (χ4n) is 2.30. The molecule has 0 bridgehead atoms. The van der Waals surface area contributed by atoms with Gasteiger partial charge in [0.05, 0.1) is 11.4 Å². The van der Waals surface area contributed by atoms with E-state index in [-0.39, 0.29) is 5.91 Å². The lowest BCUT2D eigenvalue weighted by Gasteiger charge is -2.11. The molecule has 0 unspecified atom stereocenters. The third-order valence-corrected chi connectivity index (χ3v) is 4.08. The van der Waals surface area contributed by atoms with Crippen molar-refractivity contribution in [1.82, 2.24) is 14.8 Å². The number of hydrogen-bond acceptors (Lipinski definition) is 3. The minimum absolute atomic E-state index is 0.126. The number of benzene rings is 2. The average Bonchev–Trinajstić information content (AvgIpc) is 3.08. The van der Waals surface area contributed by atoms with Crippen LogP contribution in [0.2, 0.25) is 10.0 Å². The lowest BCUT2D eigenvalue weighted by molar-refractivity contribution is -0.116. The van der Waals surface area contributed by atoms with Gasteiger partial charge in [0.2, 0.25) is 5.91 Å². The minimum atomic E-state index is -0.126. The van der Waals surface area contributed by atoms with Gasteiger partial charge in [0.15, 0.2) is 0 Å². The number of carbonyl (C=O) groups is 1. The summed E-state index contributed by atoms with van der Waals surface area (Å²) in [5, 5.41) is 8.15.